The van der Waals surface area contributed by atoms with E-state index in [0.29, 0.717) is 59.3 Å². The second-order valence-electron chi connectivity index (χ2n) is 8.49. The van der Waals surface area contributed by atoms with Crippen molar-refractivity contribution in [3.8, 4) is 17.3 Å². The number of sulfonamides is 1. The van der Waals surface area contributed by atoms with Gasteiger partial charge in [0.25, 0.3) is 0 Å². The maximum absolute atomic E-state index is 14.7. The molecule has 35 heavy (non-hydrogen) atoms. The Morgan fingerprint density at radius 3 is 2.46 bits per heavy atom. The molecular formula is C25H26FN5O3S. The third kappa shape index (κ3) is 4.28. The summed E-state index contributed by atoms with van der Waals surface area (Å²) in [5, 5.41) is 0. The summed E-state index contributed by atoms with van der Waals surface area (Å²) in [6, 6.07) is 12.0. The number of rotatable bonds is 6. The number of imidazole rings is 1. The summed E-state index contributed by atoms with van der Waals surface area (Å²) in [5.74, 6) is 0.389. The zero-order valence-corrected chi connectivity index (χ0v) is 20.4. The van der Waals surface area contributed by atoms with E-state index < -0.39 is 15.8 Å². The number of pyridine rings is 2. The van der Waals surface area contributed by atoms with Crippen LogP contribution in [0.25, 0.3) is 22.6 Å². The number of aromatic nitrogens is 4. The Labute approximate surface area is 203 Å². The van der Waals surface area contributed by atoms with E-state index in [1.807, 2.05) is 23.6 Å². The van der Waals surface area contributed by atoms with Crippen molar-refractivity contribution in [2.45, 2.75) is 37.1 Å². The van der Waals surface area contributed by atoms with Crippen LogP contribution < -0.4 is 4.74 Å². The lowest BCUT2D eigenvalue weighted by molar-refractivity contribution is 0.277. The molecule has 0 bridgehead atoms. The molecule has 1 saturated heterocycles. The SMILES string of the molecule is CCc1ccc(S(=O)(=O)N2CCC(n3c(-c4ccncc4F)nc4ccc(OC)nc43)CC2)cc1. The second kappa shape index (κ2) is 9.35. The van der Waals surface area contributed by atoms with Gasteiger partial charge < -0.3 is 9.30 Å². The van der Waals surface area contributed by atoms with Crippen LogP contribution in [0.1, 0.15) is 31.4 Å². The molecule has 1 aliphatic rings. The molecule has 1 aromatic carbocycles. The van der Waals surface area contributed by atoms with E-state index in [9.17, 15) is 12.8 Å². The first kappa shape index (κ1) is 23.4. The summed E-state index contributed by atoms with van der Waals surface area (Å²) >= 11 is 0. The molecule has 10 heteroatoms. The maximum Gasteiger partial charge on any atom is 0.243 e. The van der Waals surface area contributed by atoms with Crippen LogP contribution in [0.15, 0.2) is 59.8 Å². The first-order chi connectivity index (χ1) is 16.9. The summed E-state index contributed by atoms with van der Waals surface area (Å²) in [5.41, 5.74) is 2.60. The van der Waals surface area contributed by atoms with Gasteiger partial charge in [-0.3, -0.25) is 4.98 Å². The maximum atomic E-state index is 14.7. The lowest BCUT2D eigenvalue weighted by Crippen LogP contribution is -2.39. The standard InChI is InChI=1S/C25H26FN5O3S/c1-3-17-4-6-19(7-5-17)35(32,33)30-14-11-18(12-15-30)31-24(20-10-13-27-16-21(20)26)28-22-8-9-23(34-2)29-25(22)31/h4-10,13,16,18H,3,11-12,14-15H2,1-2H3. The summed E-state index contributed by atoms with van der Waals surface area (Å²) in [6.07, 6.45) is 4.61. The minimum absolute atomic E-state index is 0.115. The quantitative estimate of drug-likeness (QED) is 0.398. The van der Waals surface area contributed by atoms with Gasteiger partial charge in [0, 0.05) is 31.4 Å². The van der Waals surface area contributed by atoms with E-state index in [1.165, 1.54) is 17.6 Å². The van der Waals surface area contributed by atoms with Gasteiger partial charge in [-0.2, -0.15) is 9.29 Å². The highest BCUT2D eigenvalue weighted by Gasteiger charge is 2.32. The monoisotopic (exact) mass is 495 g/mol. The van der Waals surface area contributed by atoms with Crippen molar-refractivity contribution in [2.24, 2.45) is 0 Å². The molecule has 3 aromatic heterocycles. The molecule has 0 saturated carbocycles. The number of benzene rings is 1. The predicted molar refractivity (Wildman–Crippen MR) is 130 cm³/mol. The van der Waals surface area contributed by atoms with Gasteiger partial charge in [-0.05, 0) is 49.1 Å². The van der Waals surface area contributed by atoms with Crippen LogP contribution in [0, 0.1) is 5.82 Å². The summed E-state index contributed by atoms with van der Waals surface area (Å²) < 4.78 is 49.9. The van der Waals surface area contributed by atoms with Crippen LogP contribution in [0.3, 0.4) is 0 Å². The van der Waals surface area contributed by atoms with Gasteiger partial charge in [-0.25, -0.2) is 17.8 Å². The number of aryl methyl sites for hydroxylation is 1. The zero-order chi connectivity index (χ0) is 24.6. The predicted octanol–water partition coefficient (Wildman–Crippen LogP) is 4.23. The van der Waals surface area contributed by atoms with Crippen molar-refractivity contribution in [2.75, 3.05) is 20.2 Å². The molecule has 0 atom stereocenters. The number of ether oxygens (including phenoxy) is 1. The molecule has 0 radical (unpaired) electrons. The van der Waals surface area contributed by atoms with Crippen LogP contribution in [0.5, 0.6) is 5.88 Å². The number of halogens is 1. The molecule has 5 rings (SSSR count). The molecular weight excluding hydrogens is 469 g/mol. The van der Waals surface area contributed by atoms with Crippen molar-refractivity contribution < 1.29 is 17.5 Å². The van der Waals surface area contributed by atoms with Crippen LogP contribution >= 0.6 is 0 Å². The Bertz CT molecular complexity index is 1460. The van der Waals surface area contributed by atoms with Crippen molar-refractivity contribution >= 4 is 21.2 Å². The highest BCUT2D eigenvalue weighted by atomic mass is 32.2. The Kier molecular flexibility index (Phi) is 6.24. The third-order valence-electron chi connectivity index (χ3n) is 6.49. The normalized spacial score (nSPS) is 15.5. The largest absolute Gasteiger partial charge is 0.481 e. The molecule has 0 spiro atoms. The average molecular weight is 496 g/mol. The molecule has 8 nitrogen and oxygen atoms in total. The Hall–Kier alpha value is -3.37. The molecule has 1 aliphatic heterocycles. The summed E-state index contributed by atoms with van der Waals surface area (Å²) in [4.78, 5) is 13.4. The highest BCUT2D eigenvalue weighted by Crippen LogP contribution is 2.35. The van der Waals surface area contributed by atoms with Gasteiger partial charge in [0.05, 0.1) is 23.8 Å². The van der Waals surface area contributed by atoms with Gasteiger partial charge in [0.2, 0.25) is 15.9 Å². The molecule has 0 amide bonds. The highest BCUT2D eigenvalue weighted by molar-refractivity contribution is 7.89. The van der Waals surface area contributed by atoms with E-state index >= 15 is 0 Å². The van der Waals surface area contributed by atoms with E-state index in [1.54, 1.807) is 30.3 Å². The van der Waals surface area contributed by atoms with Gasteiger partial charge in [0.15, 0.2) is 11.5 Å². The lowest BCUT2D eigenvalue weighted by Gasteiger charge is -2.32. The van der Waals surface area contributed by atoms with E-state index in [4.69, 9.17) is 4.74 Å². The average Bonchev–Trinajstić information content (AvgIpc) is 3.27. The minimum Gasteiger partial charge on any atom is -0.481 e. The lowest BCUT2D eigenvalue weighted by atomic mass is 10.1. The first-order valence-corrected chi connectivity index (χ1v) is 13.0. The Morgan fingerprint density at radius 2 is 1.80 bits per heavy atom. The number of hydrogen-bond donors (Lipinski definition) is 0. The number of hydrogen-bond acceptors (Lipinski definition) is 6. The van der Waals surface area contributed by atoms with Gasteiger partial charge in [0.1, 0.15) is 11.3 Å². The fraction of sp³-hybridized carbons (Fsp3) is 0.320. The first-order valence-electron chi connectivity index (χ1n) is 11.5. The topological polar surface area (TPSA) is 90.2 Å². The summed E-state index contributed by atoms with van der Waals surface area (Å²) in [6.45, 7) is 2.71. The summed E-state index contributed by atoms with van der Waals surface area (Å²) in [7, 11) is -2.06. The number of methoxy groups -OCH3 is 1. The second-order valence-corrected chi connectivity index (χ2v) is 10.4. The molecule has 0 aliphatic carbocycles. The number of nitrogens with zero attached hydrogens (tertiary/aromatic N) is 5. The van der Waals surface area contributed by atoms with E-state index in [2.05, 4.69) is 15.0 Å². The molecule has 0 unspecified atom stereocenters. The van der Waals surface area contributed by atoms with Gasteiger partial charge in [-0.15, -0.1) is 0 Å². The van der Waals surface area contributed by atoms with Crippen LogP contribution in [0.4, 0.5) is 4.39 Å². The molecule has 182 valence electrons. The van der Waals surface area contributed by atoms with Crippen LogP contribution in [-0.4, -0.2) is 52.4 Å². The van der Waals surface area contributed by atoms with Crippen molar-refractivity contribution in [1.29, 1.82) is 0 Å². The van der Waals surface area contributed by atoms with Crippen molar-refractivity contribution in [3.05, 3.63) is 66.2 Å². The third-order valence-corrected chi connectivity index (χ3v) is 8.41. The van der Waals surface area contributed by atoms with Crippen molar-refractivity contribution in [1.82, 2.24) is 23.8 Å². The Balaban J connectivity index is 1.48. The molecule has 4 aromatic rings. The fourth-order valence-corrected chi connectivity index (χ4v) is 6.02. The van der Waals surface area contributed by atoms with Crippen LogP contribution in [0.2, 0.25) is 0 Å². The zero-order valence-electron chi connectivity index (χ0n) is 19.6. The number of fused-ring (bicyclic) bond motifs is 1. The van der Waals surface area contributed by atoms with Crippen molar-refractivity contribution in [3.63, 3.8) is 0 Å². The molecule has 0 N–H and O–H groups in total. The van der Waals surface area contributed by atoms with Gasteiger partial charge >= 0.3 is 0 Å². The van der Waals surface area contributed by atoms with E-state index in [0.717, 1.165) is 18.2 Å². The molecule has 1 fully saturated rings. The fourth-order valence-electron chi connectivity index (χ4n) is 4.55. The van der Waals surface area contributed by atoms with E-state index in [-0.39, 0.29) is 6.04 Å². The smallest absolute Gasteiger partial charge is 0.243 e. The minimum atomic E-state index is -3.60. The number of piperidine rings is 1. The molecule has 4 heterocycles. The van der Waals surface area contributed by atoms with Gasteiger partial charge in [-0.1, -0.05) is 19.1 Å². The Morgan fingerprint density at radius 1 is 1.06 bits per heavy atom. The van der Waals surface area contributed by atoms with Crippen LogP contribution in [-0.2, 0) is 16.4 Å².